The van der Waals surface area contributed by atoms with Gasteiger partial charge in [-0.25, -0.2) is 13.2 Å². The number of nitrogens with zero attached hydrogens (tertiary/aromatic N) is 2. The number of carbonyl (C=O) groups is 2. The summed E-state index contributed by atoms with van der Waals surface area (Å²) in [6, 6.07) is 17.9. The number of hydrogen-bond donors (Lipinski definition) is 1. The number of rotatable bonds is 8. The molecular formula is C23H21N3O7S. The van der Waals surface area contributed by atoms with Gasteiger partial charge < -0.3 is 9.64 Å². The van der Waals surface area contributed by atoms with Crippen LogP contribution in [-0.2, 0) is 19.6 Å². The van der Waals surface area contributed by atoms with Crippen LogP contribution in [0.3, 0.4) is 0 Å². The van der Waals surface area contributed by atoms with E-state index in [0.717, 1.165) is 6.07 Å². The average molecular weight is 484 g/mol. The molecule has 34 heavy (non-hydrogen) atoms. The van der Waals surface area contributed by atoms with Gasteiger partial charge in [-0.1, -0.05) is 36.4 Å². The summed E-state index contributed by atoms with van der Waals surface area (Å²) in [4.78, 5) is 36.4. The van der Waals surface area contributed by atoms with E-state index in [1.165, 1.54) is 55.3 Å². The summed E-state index contributed by atoms with van der Waals surface area (Å²) < 4.78 is 33.3. The lowest BCUT2D eigenvalue weighted by atomic mass is 10.2. The van der Waals surface area contributed by atoms with Crippen molar-refractivity contribution in [2.45, 2.75) is 11.8 Å². The summed E-state index contributed by atoms with van der Waals surface area (Å²) in [5.41, 5.74) is 0.294. The molecule has 11 heteroatoms. The Balaban J connectivity index is 1.78. The number of hydrogen-bond acceptors (Lipinski definition) is 7. The molecular weight excluding hydrogens is 462 g/mol. The highest BCUT2D eigenvalue weighted by atomic mass is 32.2. The van der Waals surface area contributed by atoms with E-state index in [9.17, 15) is 28.1 Å². The molecule has 176 valence electrons. The van der Waals surface area contributed by atoms with Gasteiger partial charge in [0.05, 0.1) is 21.1 Å². The van der Waals surface area contributed by atoms with Crippen molar-refractivity contribution in [2.75, 3.05) is 23.3 Å². The fraction of sp³-hybridized carbons (Fsp3) is 0.130. The highest BCUT2D eigenvalue weighted by Crippen LogP contribution is 2.26. The van der Waals surface area contributed by atoms with E-state index in [4.69, 9.17) is 4.74 Å². The maximum atomic E-state index is 12.9. The minimum absolute atomic E-state index is 0.0951. The molecule has 0 fully saturated rings. The van der Waals surface area contributed by atoms with Crippen LogP contribution in [0.5, 0.6) is 0 Å². The Labute approximate surface area is 196 Å². The zero-order valence-corrected chi connectivity index (χ0v) is 19.1. The summed E-state index contributed by atoms with van der Waals surface area (Å²) >= 11 is 0. The third-order valence-electron chi connectivity index (χ3n) is 4.91. The number of amides is 1. The summed E-state index contributed by atoms with van der Waals surface area (Å²) in [5.74, 6) is -1.39. The van der Waals surface area contributed by atoms with Crippen LogP contribution in [0.1, 0.15) is 15.9 Å². The molecule has 0 aliphatic carbocycles. The number of ether oxygens (including phenoxy) is 1. The van der Waals surface area contributed by atoms with Crippen LogP contribution in [-0.4, -0.2) is 38.9 Å². The zero-order chi connectivity index (χ0) is 24.9. The maximum Gasteiger partial charge on any atom is 0.340 e. The Bertz CT molecular complexity index is 1340. The van der Waals surface area contributed by atoms with E-state index in [2.05, 4.69) is 4.72 Å². The molecule has 1 N–H and O–H groups in total. The van der Waals surface area contributed by atoms with Crippen LogP contribution < -0.4 is 9.62 Å². The van der Waals surface area contributed by atoms with Gasteiger partial charge in [0.2, 0.25) is 0 Å². The number of likely N-dealkylation sites (N-methyl/N-ethyl adjacent to an activating group) is 1. The molecule has 0 aliphatic heterocycles. The normalized spacial score (nSPS) is 10.9. The predicted octanol–water partition coefficient (Wildman–Crippen LogP) is 3.52. The molecule has 0 heterocycles. The number of benzene rings is 3. The minimum atomic E-state index is -4.27. The van der Waals surface area contributed by atoms with Crippen LogP contribution in [0.15, 0.2) is 77.7 Å². The molecule has 3 aromatic rings. The monoisotopic (exact) mass is 483 g/mol. The van der Waals surface area contributed by atoms with Crippen LogP contribution in [0, 0.1) is 17.0 Å². The molecule has 3 rings (SSSR count). The van der Waals surface area contributed by atoms with Gasteiger partial charge in [-0.05, 0) is 36.8 Å². The van der Waals surface area contributed by atoms with Gasteiger partial charge in [0, 0.05) is 24.9 Å². The summed E-state index contributed by atoms with van der Waals surface area (Å²) in [6.07, 6.45) is 0. The van der Waals surface area contributed by atoms with Crippen LogP contribution in [0.2, 0.25) is 0 Å². The van der Waals surface area contributed by atoms with E-state index in [0.29, 0.717) is 5.69 Å². The third kappa shape index (κ3) is 5.56. The Kier molecular flexibility index (Phi) is 7.27. The molecule has 3 aromatic carbocycles. The molecule has 0 bridgehead atoms. The first-order chi connectivity index (χ1) is 16.1. The average Bonchev–Trinajstić information content (AvgIpc) is 2.82. The molecule has 0 aromatic heterocycles. The number of anilines is 2. The molecule has 0 unspecified atom stereocenters. The number of carbonyl (C=O) groups excluding carboxylic acids is 2. The maximum absolute atomic E-state index is 12.9. The third-order valence-corrected chi connectivity index (χ3v) is 6.42. The van der Waals surface area contributed by atoms with E-state index < -0.39 is 33.4 Å². The second kappa shape index (κ2) is 10.1. The molecule has 0 saturated heterocycles. The van der Waals surface area contributed by atoms with Gasteiger partial charge in [0.1, 0.15) is 0 Å². The van der Waals surface area contributed by atoms with Crippen LogP contribution in [0.25, 0.3) is 0 Å². The number of aryl methyl sites for hydroxylation is 1. The van der Waals surface area contributed by atoms with Gasteiger partial charge in [0.15, 0.2) is 6.61 Å². The van der Waals surface area contributed by atoms with Crippen molar-refractivity contribution in [3.05, 3.63) is 94.0 Å². The number of para-hydroxylation sites is 2. The Hall–Kier alpha value is -4.25. The smallest absolute Gasteiger partial charge is 0.340 e. The first-order valence-electron chi connectivity index (χ1n) is 9.96. The van der Waals surface area contributed by atoms with Crippen molar-refractivity contribution in [2.24, 2.45) is 0 Å². The molecule has 0 radical (unpaired) electrons. The molecule has 0 saturated carbocycles. The highest BCUT2D eigenvalue weighted by Gasteiger charge is 2.24. The first kappa shape index (κ1) is 24.4. The number of sulfonamides is 1. The van der Waals surface area contributed by atoms with Crippen molar-refractivity contribution < 1.29 is 27.7 Å². The highest BCUT2D eigenvalue weighted by molar-refractivity contribution is 7.92. The fourth-order valence-electron chi connectivity index (χ4n) is 3.04. The number of nitro benzene ring substituents is 1. The van der Waals surface area contributed by atoms with E-state index >= 15 is 0 Å². The quantitative estimate of drug-likeness (QED) is 0.294. The first-order valence-corrected chi connectivity index (χ1v) is 11.4. The Morgan fingerprint density at radius 2 is 1.68 bits per heavy atom. The topological polar surface area (TPSA) is 136 Å². The Morgan fingerprint density at radius 3 is 2.35 bits per heavy atom. The summed E-state index contributed by atoms with van der Waals surface area (Å²) in [7, 11) is -2.74. The summed E-state index contributed by atoms with van der Waals surface area (Å²) in [5, 5.41) is 11.1. The number of nitrogens with one attached hydrogen (secondary N) is 1. The van der Waals surface area contributed by atoms with Gasteiger partial charge in [0.25, 0.3) is 21.6 Å². The SMILES string of the molecule is Cc1ccc([N+](=O)[O-])cc1S(=O)(=O)Nc1ccccc1C(=O)OCC(=O)N(C)c1ccccc1. The van der Waals surface area contributed by atoms with Gasteiger partial charge in [-0.15, -0.1) is 0 Å². The number of nitro groups is 1. The second-order valence-corrected chi connectivity index (χ2v) is 8.87. The van der Waals surface area contributed by atoms with E-state index in [1.807, 2.05) is 0 Å². The number of non-ortho nitro benzene ring substituents is 1. The zero-order valence-electron chi connectivity index (χ0n) is 18.3. The second-order valence-electron chi connectivity index (χ2n) is 7.22. The van der Waals surface area contributed by atoms with Crippen molar-refractivity contribution in [3.63, 3.8) is 0 Å². The lowest BCUT2D eigenvalue weighted by molar-refractivity contribution is -0.385. The van der Waals surface area contributed by atoms with E-state index in [-0.39, 0.29) is 27.4 Å². The van der Waals surface area contributed by atoms with Crippen molar-refractivity contribution in [3.8, 4) is 0 Å². The molecule has 10 nitrogen and oxygen atoms in total. The van der Waals surface area contributed by atoms with Crippen molar-refractivity contribution in [1.82, 2.24) is 0 Å². The van der Waals surface area contributed by atoms with Crippen LogP contribution in [0.4, 0.5) is 17.1 Å². The summed E-state index contributed by atoms with van der Waals surface area (Å²) in [6.45, 7) is 0.933. The van der Waals surface area contributed by atoms with Crippen LogP contribution >= 0.6 is 0 Å². The van der Waals surface area contributed by atoms with Gasteiger partial charge in [-0.3, -0.25) is 19.6 Å². The standard InChI is InChI=1S/C23H21N3O7S/c1-16-12-13-18(26(29)30)14-21(16)34(31,32)24-20-11-7-6-10-19(20)23(28)33-15-22(27)25(2)17-8-4-3-5-9-17/h3-14,24H,15H2,1-2H3. The number of esters is 1. The molecule has 0 atom stereocenters. The van der Waals surface area contributed by atoms with E-state index in [1.54, 1.807) is 30.3 Å². The van der Waals surface area contributed by atoms with Crippen molar-refractivity contribution >= 4 is 39.0 Å². The van der Waals surface area contributed by atoms with Gasteiger partial charge >= 0.3 is 5.97 Å². The largest absolute Gasteiger partial charge is 0.452 e. The molecule has 0 aliphatic rings. The van der Waals surface area contributed by atoms with Crippen molar-refractivity contribution in [1.29, 1.82) is 0 Å². The lowest BCUT2D eigenvalue weighted by Crippen LogP contribution is -2.31. The lowest BCUT2D eigenvalue weighted by Gasteiger charge is -2.17. The molecule has 1 amide bonds. The molecule has 0 spiro atoms. The predicted molar refractivity (Wildman–Crippen MR) is 125 cm³/mol. The minimum Gasteiger partial charge on any atom is -0.452 e. The Morgan fingerprint density at radius 1 is 1.03 bits per heavy atom. The fourth-order valence-corrected chi connectivity index (χ4v) is 4.38. The van der Waals surface area contributed by atoms with Gasteiger partial charge in [-0.2, -0.15) is 0 Å².